The van der Waals surface area contributed by atoms with Crippen LogP contribution in [0.25, 0.3) is 5.57 Å². The smallest absolute Gasteiger partial charge is 0.0157 e. The summed E-state index contributed by atoms with van der Waals surface area (Å²) in [6.07, 6.45) is 11.8. The first-order valence-electron chi connectivity index (χ1n) is 7.18. The minimum atomic E-state index is 1.02. The fraction of sp³-hybridized carbons (Fsp3) is 0.333. The first-order chi connectivity index (χ1) is 9.86. The summed E-state index contributed by atoms with van der Waals surface area (Å²) in [4.78, 5) is 0. The van der Waals surface area contributed by atoms with Crippen molar-refractivity contribution in [2.24, 2.45) is 5.25 Å². The van der Waals surface area contributed by atoms with Gasteiger partial charge in [0.1, 0.15) is 0 Å². The van der Waals surface area contributed by atoms with Crippen LogP contribution in [0.1, 0.15) is 45.2 Å². The first kappa shape index (κ1) is 21.0. The molecule has 0 atom stereocenters. The SMILES string of the molecule is CC.CC.Cc1cccc(C2=CCC=CC=C2)c1.NCl. The van der Waals surface area contributed by atoms with E-state index >= 15 is 0 Å². The van der Waals surface area contributed by atoms with Gasteiger partial charge in [-0.05, 0) is 36.3 Å². The summed E-state index contributed by atoms with van der Waals surface area (Å²) in [6, 6.07) is 8.62. The Morgan fingerprint density at radius 1 is 1.00 bits per heavy atom. The van der Waals surface area contributed by atoms with E-state index in [4.69, 9.17) is 0 Å². The van der Waals surface area contributed by atoms with Crippen molar-refractivity contribution < 1.29 is 0 Å². The molecule has 0 fully saturated rings. The van der Waals surface area contributed by atoms with Crippen LogP contribution >= 0.6 is 11.8 Å². The highest BCUT2D eigenvalue weighted by Gasteiger charge is 1.98. The van der Waals surface area contributed by atoms with E-state index in [-0.39, 0.29) is 0 Å². The molecule has 0 saturated heterocycles. The first-order valence-corrected chi connectivity index (χ1v) is 7.62. The Hall–Kier alpha value is -1.31. The number of rotatable bonds is 1. The van der Waals surface area contributed by atoms with Gasteiger partial charge in [0.15, 0.2) is 0 Å². The standard InChI is InChI=1S/C14H14.2C2H6.ClH2N/c1-12-7-6-10-14(11-12)13-8-4-2-3-5-9-13;3*1-2/h2-4,6-11H,5H2,1H3;2*1-2H3;2H2. The average molecular weight is 294 g/mol. The molecule has 1 aromatic rings. The van der Waals surface area contributed by atoms with Crippen LogP contribution in [0.5, 0.6) is 0 Å². The quantitative estimate of drug-likeness (QED) is 0.627. The Balaban J connectivity index is 0. The monoisotopic (exact) mass is 293 g/mol. The summed E-state index contributed by atoms with van der Waals surface area (Å²) >= 11 is 4.14. The van der Waals surface area contributed by atoms with Crippen LogP contribution in [0.15, 0.2) is 54.6 Å². The van der Waals surface area contributed by atoms with Crippen LogP contribution in [0.4, 0.5) is 0 Å². The molecule has 20 heavy (non-hydrogen) atoms. The minimum Gasteiger partial charge on any atom is -0.247 e. The molecule has 2 N–H and O–H groups in total. The lowest BCUT2D eigenvalue weighted by molar-refractivity contribution is 1.39. The van der Waals surface area contributed by atoms with E-state index in [0.717, 1.165) is 6.42 Å². The van der Waals surface area contributed by atoms with Gasteiger partial charge in [0.25, 0.3) is 0 Å². The van der Waals surface area contributed by atoms with E-state index in [1.54, 1.807) is 0 Å². The minimum absolute atomic E-state index is 1.02. The van der Waals surface area contributed by atoms with Gasteiger partial charge in [-0.15, -0.1) is 0 Å². The predicted molar refractivity (Wildman–Crippen MR) is 94.8 cm³/mol. The molecule has 0 unspecified atom stereocenters. The Bertz CT molecular complexity index is 417. The maximum atomic E-state index is 4.14. The van der Waals surface area contributed by atoms with Crippen LogP contribution < -0.4 is 5.25 Å². The molecular weight excluding hydrogens is 266 g/mol. The van der Waals surface area contributed by atoms with E-state index < -0.39 is 0 Å². The Morgan fingerprint density at radius 3 is 2.25 bits per heavy atom. The third-order valence-electron chi connectivity index (χ3n) is 2.35. The topological polar surface area (TPSA) is 26.0 Å². The lowest BCUT2D eigenvalue weighted by Gasteiger charge is -2.02. The van der Waals surface area contributed by atoms with Gasteiger partial charge >= 0.3 is 0 Å². The van der Waals surface area contributed by atoms with Crippen molar-refractivity contribution in [2.75, 3.05) is 0 Å². The van der Waals surface area contributed by atoms with Crippen LogP contribution in [-0.2, 0) is 0 Å². The summed E-state index contributed by atoms with van der Waals surface area (Å²) in [5, 5.41) is 3.97. The lowest BCUT2D eigenvalue weighted by Crippen LogP contribution is -1.81. The highest BCUT2D eigenvalue weighted by Crippen LogP contribution is 2.19. The van der Waals surface area contributed by atoms with Gasteiger partial charge in [-0.25, -0.2) is 5.25 Å². The number of hydrogen-bond donors (Lipinski definition) is 1. The van der Waals surface area contributed by atoms with Crippen molar-refractivity contribution in [1.29, 1.82) is 0 Å². The highest BCUT2D eigenvalue weighted by atomic mass is 35.5. The molecular formula is C18H28ClN. The third kappa shape index (κ3) is 8.73. The molecule has 0 aliphatic heterocycles. The van der Waals surface area contributed by atoms with Gasteiger partial charge < -0.3 is 0 Å². The fourth-order valence-corrected chi connectivity index (χ4v) is 1.62. The predicted octanol–water partition coefficient (Wildman–Crippen LogP) is 6.05. The molecule has 0 bridgehead atoms. The van der Waals surface area contributed by atoms with Gasteiger partial charge in [0.2, 0.25) is 0 Å². The Morgan fingerprint density at radius 2 is 1.65 bits per heavy atom. The number of aryl methyl sites for hydroxylation is 1. The molecule has 112 valence electrons. The van der Waals surface area contributed by atoms with Crippen LogP contribution in [0.3, 0.4) is 0 Å². The zero-order valence-corrected chi connectivity index (χ0v) is 14.1. The number of benzene rings is 1. The zero-order valence-electron chi connectivity index (χ0n) is 13.4. The van der Waals surface area contributed by atoms with E-state index in [1.807, 2.05) is 27.7 Å². The van der Waals surface area contributed by atoms with E-state index in [1.165, 1.54) is 16.7 Å². The van der Waals surface area contributed by atoms with E-state index in [0.29, 0.717) is 0 Å². The van der Waals surface area contributed by atoms with Crippen LogP contribution in [0.2, 0.25) is 0 Å². The van der Waals surface area contributed by atoms with Gasteiger partial charge in [0, 0.05) is 0 Å². The lowest BCUT2D eigenvalue weighted by atomic mass is 10.0. The molecule has 0 spiro atoms. The molecule has 1 aromatic carbocycles. The maximum absolute atomic E-state index is 4.14. The van der Waals surface area contributed by atoms with Crippen LogP contribution in [0, 0.1) is 6.92 Å². The van der Waals surface area contributed by atoms with Crippen molar-refractivity contribution in [3.63, 3.8) is 0 Å². The second-order valence-electron chi connectivity index (χ2n) is 3.55. The summed E-state index contributed by atoms with van der Waals surface area (Å²) in [5.41, 5.74) is 3.94. The molecule has 2 rings (SSSR count). The van der Waals surface area contributed by atoms with Crippen molar-refractivity contribution >= 4 is 17.3 Å². The summed E-state index contributed by atoms with van der Waals surface area (Å²) in [6.45, 7) is 10.1. The summed E-state index contributed by atoms with van der Waals surface area (Å²) in [7, 11) is 0. The molecule has 0 saturated carbocycles. The van der Waals surface area contributed by atoms with Gasteiger partial charge in [-0.3, -0.25) is 0 Å². The molecule has 2 heteroatoms. The molecule has 0 heterocycles. The largest absolute Gasteiger partial charge is 0.247 e. The summed E-state index contributed by atoms with van der Waals surface area (Å²) in [5.74, 6) is 0. The molecule has 1 nitrogen and oxygen atoms in total. The molecule has 0 aromatic heterocycles. The molecule has 1 aliphatic carbocycles. The van der Waals surface area contributed by atoms with Crippen molar-refractivity contribution in [3.8, 4) is 0 Å². The average Bonchev–Trinajstić information content (AvgIpc) is 2.82. The number of allylic oxidation sites excluding steroid dienone is 6. The van der Waals surface area contributed by atoms with Gasteiger partial charge in [-0.1, -0.05) is 87.9 Å². The normalized spacial score (nSPS) is 11.4. The number of nitrogens with two attached hydrogens (primary N) is 1. The van der Waals surface area contributed by atoms with Gasteiger partial charge in [0.05, 0.1) is 0 Å². The number of hydrogen-bond acceptors (Lipinski definition) is 1. The van der Waals surface area contributed by atoms with E-state index in [2.05, 4.69) is 78.6 Å². The molecule has 1 aliphatic rings. The Labute approximate surface area is 130 Å². The maximum Gasteiger partial charge on any atom is -0.0157 e. The molecule has 0 radical (unpaired) electrons. The second-order valence-corrected chi connectivity index (χ2v) is 3.55. The number of halogens is 1. The Kier molecular flexibility index (Phi) is 16.5. The van der Waals surface area contributed by atoms with Crippen molar-refractivity contribution in [3.05, 3.63) is 65.8 Å². The highest BCUT2D eigenvalue weighted by molar-refractivity contribution is 6.11. The van der Waals surface area contributed by atoms with Crippen LogP contribution in [-0.4, -0.2) is 0 Å². The second kappa shape index (κ2) is 15.7. The van der Waals surface area contributed by atoms with Gasteiger partial charge in [-0.2, -0.15) is 0 Å². The molecule has 0 amide bonds. The summed E-state index contributed by atoms with van der Waals surface area (Å²) < 4.78 is 0. The third-order valence-corrected chi connectivity index (χ3v) is 2.35. The van der Waals surface area contributed by atoms with Crippen molar-refractivity contribution in [2.45, 2.75) is 41.0 Å². The zero-order chi connectivity index (χ0) is 15.8. The fourth-order valence-electron chi connectivity index (χ4n) is 1.62. The van der Waals surface area contributed by atoms with Crippen molar-refractivity contribution in [1.82, 2.24) is 0 Å². The van der Waals surface area contributed by atoms with E-state index in [9.17, 15) is 0 Å².